The molecule has 76 valence electrons. The third-order valence-electron chi connectivity index (χ3n) is 1.61. The van der Waals surface area contributed by atoms with Crippen LogP contribution in [0.4, 0.5) is 0 Å². The summed E-state index contributed by atoms with van der Waals surface area (Å²) < 4.78 is 0. The maximum atomic E-state index is 5.79. The monoisotopic (exact) mass is 256 g/mol. The first-order valence-electron chi connectivity index (χ1n) is 4.15. The van der Waals surface area contributed by atoms with Gasteiger partial charge in [-0.25, -0.2) is 4.98 Å². The van der Waals surface area contributed by atoms with Crippen LogP contribution in [0.1, 0.15) is 0 Å². The van der Waals surface area contributed by atoms with Gasteiger partial charge in [0.15, 0.2) is 0 Å². The summed E-state index contributed by atoms with van der Waals surface area (Å²) in [6.07, 6.45) is 3.52. The Morgan fingerprint density at radius 2 is 1.80 bits per heavy atom. The van der Waals surface area contributed by atoms with E-state index in [1.165, 1.54) is 0 Å². The third-order valence-corrected chi connectivity index (χ3v) is 2.94. The molecule has 2 heterocycles. The molecule has 5 heteroatoms. The molecule has 0 atom stereocenters. The number of hydrogen-bond acceptors (Lipinski definition) is 3. The van der Waals surface area contributed by atoms with E-state index in [1.807, 2.05) is 12.1 Å². The summed E-state index contributed by atoms with van der Waals surface area (Å²) in [5.41, 5.74) is 0. The van der Waals surface area contributed by atoms with Crippen LogP contribution >= 0.6 is 35.0 Å². The Morgan fingerprint density at radius 1 is 1.07 bits per heavy atom. The molecule has 2 aromatic heterocycles. The minimum atomic E-state index is 0.397. The van der Waals surface area contributed by atoms with Crippen molar-refractivity contribution in [3.05, 3.63) is 47.0 Å². The summed E-state index contributed by atoms with van der Waals surface area (Å²) in [4.78, 5) is 9.89. The van der Waals surface area contributed by atoms with Gasteiger partial charge in [0, 0.05) is 22.2 Å². The Bertz CT molecular complexity index is 442. The van der Waals surface area contributed by atoms with Crippen molar-refractivity contribution in [2.24, 2.45) is 0 Å². The zero-order valence-electron chi connectivity index (χ0n) is 7.52. The van der Waals surface area contributed by atoms with Gasteiger partial charge in [-0.1, -0.05) is 35.0 Å². The molecule has 15 heavy (non-hydrogen) atoms. The number of halogens is 2. The molecule has 0 aliphatic rings. The molecule has 0 amide bonds. The van der Waals surface area contributed by atoms with E-state index in [2.05, 4.69) is 9.97 Å². The molecule has 0 spiro atoms. The quantitative estimate of drug-likeness (QED) is 0.762. The lowest BCUT2D eigenvalue weighted by Gasteiger charge is -2.01. The molecule has 0 aliphatic carbocycles. The van der Waals surface area contributed by atoms with Crippen LogP contribution in [-0.2, 0) is 0 Å². The van der Waals surface area contributed by atoms with Gasteiger partial charge in [0.1, 0.15) is 10.3 Å². The standard InChI is InChI=1S/C10H6Cl2N2S/c11-9-4-8(5-10(12)14-9)15-7-2-1-3-13-6-7/h1-6H. The Balaban J connectivity index is 2.25. The molecule has 0 N–H and O–H groups in total. The number of nitrogens with zero attached hydrogens (tertiary/aromatic N) is 2. The summed E-state index contributed by atoms with van der Waals surface area (Å²) >= 11 is 13.1. The van der Waals surface area contributed by atoms with Gasteiger partial charge in [-0.2, -0.15) is 0 Å². The van der Waals surface area contributed by atoms with E-state index in [-0.39, 0.29) is 0 Å². The highest BCUT2D eigenvalue weighted by Gasteiger charge is 2.01. The zero-order chi connectivity index (χ0) is 10.7. The normalized spacial score (nSPS) is 10.3. The Morgan fingerprint density at radius 3 is 2.40 bits per heavy atom. The fraction of sp³-hybridized carbons (Fsp3) is 0. The second-order valence-corrected chi connectivity index (χ2v) is 4.66. The number of pyridine rings is 2. The highest BCUT2D eigenvalue weighted by Crippen LogP contribution is 2.29. The Labute approximate surface area is 102 Å². The molecule has 0 saturated carbocycles. The molecule has 0 radical (unpaired) electrons. The molecule has 0 fully saturated rings. The van der Waals surface area contributed by atoms with Gasteiger partial charge >= 0.3 is 0 Å². The average molecular weight is 257 g/mol. The van der Waals surface area contributed by atoms with Crippen molar-refractivity contribution in [1.29, 1.82) is 0 Å². The van der Waals surface area contributed by atoms with Crippen LogP contribution in [0.15, 0.2) is 46.5 Å². The molecule has 2 rings (SSSR count). The van der Waals surface area contributed by atoms with E-state index in [1.54, 1.807) is 36.3 Å². The SMILES string of the molecule is Clc1cc(Sc2cccnc2)cc(Cl)n1. The summed E-state index contributed by atoms with van der Waals surface area (Å²) in [6, 6.07) is 7.39. The first-order chi connectivity index (χ1) is 7.24. The molecule has 0 bridgehead atoms. The second-order valence-electron chi connectivity index (χ2n) is 2.74. The van der Waals surface area contributed by atoms with Crippen molar-refractivity contribution in [1.82, 2.24) is 9.97 Å². The van der Waals surface area contributed by atoms with Crippen molar-refractivity contribution in [3.8, 4) is 0 Å². The van der Waals surface area contributed by atoms with Gasteiger partial charge in [-0.3, -0.25) is 4.98 Å². The zero-order valence-corrected chi connectivity index (χ0v) is 9.85. The topological polar surface area (TPSA) is 25.8 Å². The number of aromatic nitrogens is 2. The maximum Gasteiger partial charge on any atom is 0.131 e. The van der Waals surface area contributed by atoms with Crippen LogP contribution in [0.2, 0.25) is 10.3 Å². The van der Waals surface area contributed by atoms with Crippen LogP contribution in [0, 0.1) is 0 Å². The van der Waals surface area contributed by atoms with Crippen LogP contribution in [0.25, 0.3) is 0 Å². The molecule has 2 aromatic rings. The van der Waals surface area contributed by atoms with Gasteiger partial charge < -0.3 is 0 Å². The smallest absolute Gasteiger partial charge is 0.131 e. The van der Waals surface area contributed by atoms with Crippen molar-refractivity contribution in [2.45, 2.75) is 9.79 Å². The summed E-state index contributed by atoms with van der Waals surface area (Å²) in [5, 5.41) is 0.794. The van der Waals surface area contributed by atoms with E-state index < -0.39 is 0 Å². The minimum absolute atomic E-state index is 0.397. The first-order valence-corrected chi connectivity index (χ1v) is 5.72. The maximum absolute atomic E-state index is 5.79. The lowest BCUT2D eigenvalue weighted by Crippen LogP contribution is -1.80. The van der Waals surface area contributed by atoms with Crippen LogP contribution in [0.5, 0.6) is 0 Å². The van der Waals surface area contributed by atoms with Gasteiger partial charge in [0.25, 0.3) is 0 Å². The highest BCUT2D eigenvalue weighted by atomic mass is 35.5. The van der Waals surface area contributed by atoms with Gasteiger partial charge in [0.05, 0.1) is 0 Å². The van der Waals surface area contributed by atoms with Crippen molar-refractivity contribution < 1.29 is 0 Å². The third kappa shape index (κ3) is 3.09. The minimum Gasteiger partial charge on any atom is -0.264 e. The first kappa shape index (κ1) is 10.7. The molecule has 0 aliphatic heterocycles. The Kier molecular flexibility index (Phi) is 3.46. The van der Waals surface area contributed by atoms with Crippen molar-refractivity contribution in [3.63, 3.8) is 0 Å². The van der Waals surface area contributed by atoms with Gasteiger partial charge in [0.2, 0.25) is 0 Å². The lowest BCUT2D eigenvalue weighted by atomic mass is 10.5. The molecular weight excluding hydrogens is 251 g/mol. The van der Waals surface area contributed by atoms with Gasteiger partial charge in [-0.15, -0.1) is 0 Å². The van der Waals surface area contributed by atoms with Crippen molar-refractivity contribution >= 4 is 35.0 Å². The summed E-state index contributed by atoms with van der Waals surface area (Å²) in [7, 11) is 0. The number of hydrogen-bond donors (Lipinski definition) is 0. The Hall–Kier alpha value is -0.770. The predicted molar refractivity (Wildman–Crippen MR) is 62.6 cm³/mol. The second kappa shape index (κ2) is 4.84. The van der Waals surface area contributed by atoms with E-state index in [0.29, 0.717) is 10.3 Å². The molecule has 0 aromatic carbocycles. The molecule has 0 unspecified atom stereocenters. The summed E-state index contributed by atoms with van der Waals surface area (Å²) in [5.74, 6) is 0. The highest BCUT2D eigenvalue weighted by molar-refractivity contribution is 7.99. The van der Waals surface area contributed by atoms with Crippen molar-refractivity contribution in [2.75, 3.05) is 0 Å². The largest absolute Gasteiger partial charge is 0.264 e. The molecule has 0 saturated heterocycles. The summed E-state index contributed by atoms with van der Waals surface area (Å²) in [6.45, 7) is 0. The van der Waals surface area contributed by atoms with E-state index >= 15 is 0 Å². The molecule has 2 nitrogen and oxygen atoms in total. The predicted octanol–water partition coefficient (Wildman–Crippen LogP) is 3.93. The van der Waals surface area contributed by atoms with E-state index in [9.17, 15) is 0 Å². The lowest BCUT2D eigenvalue weighted by molar-refractivity contribution is 1.22. The van der Waals surface area contributed by atoms with Crippen LogP contribution < -0.4 is 0 Å². The fourth-order valence-corrected chi connectivity index (χ4v) is 2.51. The van der Waals surface area contributed by atoms with Gasteiger partial charge in [-0.05, 0) is 24.3 Å². The van der Waals surface area contributed by atoms with E-state index in [4.69, 9.17) is 23.2 Å². The fourth-order valence-electron chi connectivity index (χ4n) is 1.05. The van der Waals surface area contributed by atoms with Crippen LogP contribution in [0.3, 0.4) is 0 Å². The molecular formula is C10H6Cl2N2S. The average Bonchev–Trinajstić information content (AvgIpc) is 2.17. The number of rotatable bonds is 2. The van der Waals surface area contributed by atoms with Crippen LogP contribution in [-0.4, -0.2) is 9.97 Å². The van der Waals surface area contributed by atoms with E-state index in [0.717, 1.165) is 9.79 Å².